The lowest BCUT2D eigenvalue weighted by molar-refractivity contribution is 0.0912. The van der Waals surface area contributed by atoms with Crippen LogP contribution in [0.5, 0.6) is 0 Å². The Morgan fingerprint density at radius 2 is 2.17 bits per heavy atom. The van der Waals surface area contributed by atoms with Crippen molar-refractivity contribution in [2.45, 2.75) is 30.6 Å². The SMILES string of the molecule is O=C(NC(c1nccc(NSC2CC2)c1F)C1CCOC1)c1ncc(-c2cnn3ccc(Cl)cc23)s1. The van der Waals surface area contributed by atoms with Gasteiger partial charge in [0.2, 0.25) is 0 Å². The maximum atomic E-state index is 15.5. The number of fused-ring (bicyclic) bond motifs is 1. The predicted molar refractivity (Wildman–Crippen MR) is 139 cm³/mol. The van der Waals surface area contributed by atoms with Crippen LogP contribution in [0.2, 0.25) is 5.02 Å². The maximum Gasteiger partial charge on any atom is 0.280 e. The van der Waals surface area contributed by atoms with Gasteiger partial charge in [-0.2, -0.15) is 5.10 Å². The van der Waals surface area contributed by atoms with Gasteiger partial charge in [0.15, 0.2) is 10.8 Å². The smallest absolute Gasteiger partial charge is 0.280 e. The Balaban J connectivity index is 1.26. The normalized spacial score (nSPS) is 18.4. The number of amides is 1. The average molecular weight is 545 g/mol. The van der Waals surface area contributed by atoms with Crippen molar-refractivity contribution < 1.29 is 13.9 Å². The summed E-state index contributed by atoms with van der Waals surface area (Å²) in [7, 11) is 0. The fourth-order valence-electron chi connectivity index (χ4n) is 4.16. The quantitative estimate of drug-likeness (QED) is 0.288. The summed E-state index contributed by atoms with van der Waals surface area (Å²) in [6.45, 7) is 0.986. The third-order valence-corrected chi connectivity index (χ3v) is 8.65. The van der Waals surface area contributed by atoms with E-state index in [0.717, 1.165) is 28.8 Å². The van der Waals surface area contributed by atoms with Gasteiger partial charge < -0.3 is 14.8 Å². The van der Waals surface area contributed by atoms with Crippen LogP contribution in [0, 0.1) is 11.7 Å². The van der Waals surface area contributed by atoms with E-state index in [1.807, 2.05) is 6.07 Å². The number of nitrogens with zero attached hydrogens (tertiary/aromatic N) is 4. The number of carbonyl (C=O) groups excluding carboxylic acids is 1. The van der Waals surface area contributed by atoms with Crippen LogP contribution in [0.3, 0.4) is 0 Å². The van der Waals surface area contributed by atoms with Crippen LogP contribution in [0.1, 0.15) is 40.8 Å². The molecule has 0 spiro atoms. The topological polar surface area (TPSA) is 93.4 Å². The second-order valence-corrected chi connectivity index (χ2v) is 11.4. The molecule has 4 aromatic rings. The number of pyridine rings is 2. The lowest BCUT2D eigenvalue weighted by atomic mass is 9.95. The first kappa shape index (κ1) is 23.7. The van der Waals surface area contributed by atoms with Crippen molar-refractivity contribution in [2.75, 3.05) is 17.9 Å². The molecule has 1 aliphatic heterocycles. The summed E-state index contributed by atoms with van der Waals surface area (Å²) in [6, 6.07) is 4.55. The highest BCUT2D eigenvalue weighted by atomic mass is 35.5. The fraction of sp³-hybridized carbons (Fsp3) is 0.333. The highest BCUT2D eigenvalue weighted by Gasteiger charge is 2.33. The average Bonchev–Trinajstić information content (AvgIpc) is 3.26. The van der Waals surface area contributed by atoms with E-state index in [2.05, 4.69) is 25.1 Å². The van der Waals surface area contributed by atoms with Crippen LogP contribution < -0.4 is 10.0 Å². The number of thiazole rings is 1. The summed E-state index contributed by atoms with van der Waals surface area (Å²) < 4.78 is 25.9. The molecule has 36 heavy (non-hydrogen) atoms. The van der Waals surface area contributed by atoms with Gasteiger partial charge in [-0.15, -0.1) is 11.3 Å². The van der Waals surface area contributed by atoms with Crippen LogP contribution in [-0.2, 0) is 4.74 Å². The zero-order valence-electron chi connectivity index (χ0n) is 19.0. The largest absolute Gasteiger partial charge is 0.381 e. The third-order valence-electron chi connectivity index (χ3n) is 6.24. The van der Waals surface area contributed by atoms with Gasteiger partial charge in [0.1, 0.15) is 5.69 Å². The summed E-state index contributed by atoms with van der Waals surface area (Å²) in [6.07, 6.45) is 9.67. The molecular weight excluding hydrogens is 523 g/mol. The molecule has 1 amide bonds. The molecule has 2 aliphatic rings. The van der Waals surface area contributed by atoms with Gasteiger partial charge >= 0.3 is 0 Å². The number of hydrogen-bond acceptors (Lipinski definition) is 8. The number of halogens is 2. The Kier molecular flexibility index (Phi) is 6.55. The van der Waals surface area contributed by atoms with Crippen LogP contribution in [0.25, 0.3) is 16.0 Å². The summed E-state index contributed by atoms with van der Waals surface area (Å²) in [5, 5.41) is 8.72. The van der Waals surface area contributed by atoms with E-state index in [0.29, 0.717) is 35.6 Å². The molecule has 5 heterocycles. The zero-order chi connectivity index (χ0) is 24.6. The molecule has 0 bridgehead atoms. The van der Waals surface area contributed by atoms with Crippen LogP contribution in [0.4, 0.5) is 10.1 Å². The molecule has 8 nitrogen and oxygen atoms in total. The van der Waals surface area contributed by atoms with Gasteiger partial charge in [0.05, 0.1) is 34.9 Å². The Labute approximate surface area is 219 Å². The summed E-state index contributed by atoms with van der Waals surface area (Å²) >= 11 is 8.93. The molecule has 2 N–H and O–H groups in total. The van der Waals surface area contributed by atoms with E-state index < -0.39 is 11.9 Å². The van der Waals surface area contributed by atoms with Crippen LogP contribution >= 0.6 is 34.9 Å². The van der Waals surface area contributed by atoms with Crippen molar-refractivity contribution in [1.29, 1.82) is 0 Å². The van der Waals surface area contributed by atoms with Crippen molar-refractivity contribution in [2.24, 2.45) is 5.92 Å². The van der Waals surface area contributed by atoms with Crippen molar-refractivity contribution in [3.63, 3.8) is 0 Å². The Bertz CT molecular complexity index is 1420. The molecule has 1 saturated heterocycles. The van der Waals surface area contributed by atoms with Gasteiger partial charge in [-0.05, 0) is 49.4 Å². The lowest BCUT2D eigenvalue weighted by Gasteiger charge is -2.24. The minimum absolute atomic E-state index is 0.0940. The van der Waals surface area contributed by atoms with Crippen molar-refractivity contribution in [3.8, 4) is 10.4 Å². The molecule has 186 valence electrons. The van der Waals surface area contributed by atoms with E-state index in [1.54, 1.807) is 41.4 Å². The maximum absolute atomic E-state index is 15.5. The predicted octanol–water partition coefficient (Wildman–Crippen LogP) is 5.38. The summed E-state index contributed by atoms with van der Waals surface area (Å²) in [5.41, 5.74) is 2.22. The number of anilines is 1. The van der Waals surface area contributed by atoms with Gasteiger partial charge in [-0.1, -0.05) is 11.6 Å². The Morgan fingerprint density at radius 3 is 2.97 bits per heavy atom. The monoisotopic (exact) mass is 544 g/mol. The minimum Gasteiger partial charge on any atom is -0.381 e. The molecular formula is C24H22ClFN6O2S2. The van der Waals surface area contributed by atoms with Crippen LogP contribution in [-0.4, -0.2) is 44.0 Å². The lowest BCUT2D eigenvalue weighted by Crippen LogP contribution is -2.35. The molecule has 0 radical (unpaired) electrons. The van der Waals surface area contributed by atoms with Gasteiger partial charge in [-0.3, -0.25) is 9.78 Å². The number of rotatable bonds is 8. The summed E-state index contributed by atoms with van der Waals surface area (Å²) in [5.74, 6) is -0.932. The van der Waals surface area contributed by atoms with Crippen LogP contribution in [0.15, 0.2) is 43.0 Å². The molecule has 2 fully saturated rings. The molecule has 2 unspecified atom stereocenters. The van der Waals surface area contributed by atoms with E-state index in [-0.39, 0.29) is 22.5 Å². The second-order valence-electron chi connectivity index (χ2n) is 8.81. The number of carbonyl (C=O) groups is 1. The third kappa shape index (κ3) is 4.80. The molecule has 0 aromatic carbocycles. The van der Waals surface area contributed by atoms with Crippen molar-refractivity contribution in [1.82, 2.24) is 24.9 Å². The first-order valence-corrected chi connectivity index (χ1v) is 13.7. The number of nitrogens with one attached hydrogen (secondary N) is 2. The molecule has 1 saturated carbocycles. The second kappa shape index (κ2) is 9.97. The Morgan fingerprint density at radius 1 is 1.28 bits per heavy atom. The molecule has 12 heteroatoms. The molecule has 2 atom stereocenters. The number of aromatic nitrogens is 4. The molecule has 4 aromatic heterocycles. The highest BCUT2D eigenvalue weighted by molar-refractivity contribution is 8.01. The summed E-state index contributed by atoms with van der Waals surface area (Å²) in [4.78, 5) is 22.7. The van der Waals surface area contributed by atoms with Crippen molar-refractivity contribution in [3.05, 3.63) is 64.5 Å². The minimum atomic E-state index is -0.643. The zero-order valence-corrected chi connectivity index (χ0v) is 21.4. The molecule has 1 aliphatic carbocycles. The first-order chi connectivity index (χ1) is 17.6. The van der Waals surface area contributed by atoms with E-state index in [1.165, 1.54) is 23.3 Å². The first-order valence-electron chi connectivity index (χ1n) is 11.6. The number of hydrogen-bond donors (Lipinski definition) is 2. The van der Waals surface area contributed by atoms with Gasteiger partial charge in [0.25, 0.3) is 5.91 Å². The van der Waals surface area contributed by atoms with E-state index in [4.69, 9.17) is 16.3 Å². The standard InChI is InChI=1S/C24H22ClFN6O2S2/c25-14-4-7-32-18(9-14)16(10-29-32)19-11-28-24(35-19)23(33)30-21(13-5-8-34-12-13)22-20(26)17(3-6-27-22)31-36-15-1-2-15/h3-4,6-7,9-11,13,15,21H,1-2,5,8,12H2,(H,27,31)(H,30,33). The Hall–Kier alpha value is -2.73. The van der Waals surface area contributed by atoms with Gasteiger partial charge in [0, 0.05) is 47.0 Å². The van der Waals surface area contributed by atoms with E-state index >= 15 is 4.39 Å². The van der Waals surface area contributed by atoms with Crippen molar-refractivity contribution >= 4 is 52.0 Å². The molecule has 6 rings (SSSR count). The van der Waals surface area contributed by atoms with Gasteiger partial charge in [-0.25, -0.2) is 13.9 Å². The number of ether oxygens (including phenoxy) is 1. The van der Waals surface area contributed by atoms with E-state index in [9.17, 15) is 4.79 Å². The fourth-order valence-corrected chi connectivity index (χ4v) is 5.99. The highest BCUT2D eigenvalue weighted by Crippen LogP contribution is 2.37.